The lowest BCUT2D eigenvalue weighted by Gasteiger charge is -2.10. The molecule has 1 aromatic carbocycles. The van der Waals surface area contributed by atoms with Gasteiger partial charge in [-0.3, -0.25) is 10.1 Å². The van der Waals surface area contributed by atoms with Crippen molar-refractivity contribution in [3.63, 3.8) is 0 Å². The highest BCUT2D eigenvalue weighted by Crippen LogP contribution is 2.32. The molecule has 0 aliphatic heterocycles. The van der Waals surface area contributed by atoms with E-state index >= 15 is 0 Å². The quantitative estimate of drug-likeness (QED) is 0.413. The van der Waals surface area contributed by atoms with Crippen molar-refractivity contribution in [3.8, 4) is 0 Å². The summed E-state index contributed by atoms with van der Waals surface area (Å²) in [4.78, 5) is 10.8. The van der Waals surface area contributed by atoms with Crippen LogP contribution in [0.1, 0.15) is 19.3 Å². The third kappa shape index (κ3) is 4.09. The van der Waals surface area contributed by atoms with Gasteiger partial charge in [-0.1, -0.05) is 6.07 Å². The van der Waals surface area contributed by atoms with E-state index in [0.29, 0.717) is 24.5 Å². The van der Waals surface area contributed by atoms with Gasteiger partial charge in [0, 0.05) is 26.8 Å². The summed E-state index contributed by atoms with van der Waals surface area (Å²) in [5, 5.41) is 17.1. The molecule has 20 heavy (non-hydrogen) atoms. The third-order valence-electron chi connectivity index (χ3n) is 3.32. The van der Waals surface area contributed by atoms with Gasteiger partial charge in [0.2, 0.25) is 0 Å². The minimum atomic E-state index is -0.363. The number of anilines is 2. The van der Waals surface area contributed by atoms with Crippen molar-refractivity contribution in [1.82, 2.24) is 0 Å². The van der Waals surface area contributed by atoms with Crippen LogP contribution >= 0.6 is 0 Å². The molecular weight excluding hydrogens is 258 g/mol. The first-order valence-electron chi connectivity index (χ1n) is 6.99. The fourth-order valence-corrected chi connectivity index (χ4v) is 2.02. The number of nitro groups is 1. The molecule has 1 fully saturated rings. The first-order valence-corrected chi connectivity index (χ1v) is 6.99. The van der Waals surface area contributed by atoms with Gasteiger partial charge in [0.15, 0.2) is 0 Å². The van der Waals surface area contributed by atoms with Crippen LogP contribution in [0.5, 0.6) is 0 Å². The van der Waals surface area contributed by atoms with Crippen LogP contribution in [-0.4, -0.2) is 31.7 Å². The maximum atomic E-state index is 11.1. The van der Waals surface area contributed by atoms with Crippen molar-refractivity contribution in [2.24, 2.45) is 5.92 Å². The molecule has 1 aromatic rings. The van der Waals surface area contributed by atoms with E-state index in [2.05, 4.69) is 10.6 Å². The predicted octanol–water partition coefficient (Wildman–Crippen LogP) is 2.87. The molecule has 0 spiro atoms. The summed E-state index contributed by atoms with van der Waals surface area (Å²) in [6.07, 6.45) is 3.43. The normalized spacial score (nSPS) is 14.1. The number of rotatable bonds is 9. The lowest BCUT2D eigenvalue weighted by molar-refractivity contribution is -0.383. The van der Waals surface area contributed by atoms with Crippen molar-refractivity contribution in [1.29, 1.82) is 0 Å². The Bertz CT molecular complexity index is 461. The molecule has 0 saturated heterocycles. The number of nitro benzene ring substituents is 1. The average Bonchev–Trinajstić information content (AvgIpc) is 3.26. The smallest absolute Gasteiger partial charge is 0.315 e. The summed E-state index contributed by atoms with van der Waals surface area (Å²) in [6, 6.07) is 5.22. The predicted molar refractivity (Wildman–Crippen MR) is 79.3 cm³/mol. The van der Waals surface area contributed by atoms with Crippen LogP contribution in [-0.2, 0) is 4.74 Å². The molecule has 110 valence electrons. The fourth-order valence-electron chi connectivity index (χ4n) is 2.02. The van der Waals surface area contributed by atoms with Crippen LogP contribution in [0.3, 0.4) is 0 Å². The molecule has 2 rings (SSSR count). The molecule has 0 unspecified atom stereocenters. The van der Waals surface area contributed by atoms with Crippen molar-refractivity contribution in [2.45, 2.75) is 19.3 Å². The maximum Gasteiger partial charge on any atom is 0.315 e. The molecule has 1 aliphatic rings. The molecule has 0 atom stereocenters. The van der Waals surface area contributed by atoms with Crippen LogP contribution in [0.4, 0.5) is 17.1 Å². The van der Waals surface area contributed by atoms with Crippen molar-refractivity contribution >= 4 is 17.1 Å². The molecular formula is C14H21N3O3. The van der Waals surface area contributed by atoms with Gasteiger partial charge in [0.05, 0.1) is 4.92 Å². The van der Waals surface area contributed by atoms with Gasteiger partial charge in [-0.2, -0.15) is 0 Å². The first-order chi connectivity index (χ1) is 9.72. The lowest BCUT2D eigenvalue weighted by Crippen LogP contribution is -2.09. The van der Waals surface area contributed by atoms with Gasteiger partial charge in [-0.25, -0.2) is 0 Å². The minimum Gasteiger partial charge on any atom is -0.382 e. The van der Waals surface area contributed by atoms with Crippen molar-refractivity contribution in [2.75, 3.05) is 37.4 Å². The van der Waals surface area contributed by atoms with E-state index < -0.39 is 0 Å². The van der Waals surface area contributed by atoms with Gasteiger partial charge in [-0.15, -0.1) is 0 Å². The van der Waals surface area contributed by atoms with Gasteiger partial charge in [0.1, 0.15) is 11.4 Å². The highest BCUT2D eigenvalue weighted by atomic mass is 16.6. The summed E-state index contributed by atoms with van der Waals surface area (Å²) < 4.78 is 5.53. The monoisotopic (exact) mass is 279 g/mol. The Balaban J connectivity index is 1.80. The molecule has 6 heteroatoms. The molecule has 0 radical (unpaired) electrons. The number of nitrogens with zero attached hydrogens (tertiary/aromatic N) is 1. The number of nitrogens with one attached hydrogen (secondary N) is 2. The number of ether oxygens (including phenoxy) is 1. The van der Waals surface area contributed by atoms with Crippen LogP contribution in [0.2, 0.25) is 0 Å². The molecule has 6 nitrogen and oxygen atoms in total. The SMILES string of the molecule is CNc1cccc(NCCCOCC2CC2)c1[N+](=O)[O-]. The Hall–Kier alpha value is -1.82. The van der Waals surface area contributed by atoms with Crippen LogP contribution < -0.4 is 10.6 Å². The largest absolute Gasteiger partial charge is 0.382 e. The Kier molecular flexibility index (Phi) is 5.17. The zero-order valence-corrected chi connectivity index (χ0v) is 11.7. The fraction of sp³-hybridized carbons (Fsp3) is 0.571. The standard InChI is InChI=1S/C14H21N3O3/c1-15-12-4-2-5-13(14(12)17(18)19)16-8-3-9-20-10-11-6-7-11/h2,4-5,11,15-16H,3,6-10H2,1H3. The number of para-hydroxylation sites is 1. The van der Waals surface area contributed by atoms with E-state index in [-0.39, 0.29) is 10.6 Å². The van der Waals surface area contributed by atoms with Gasteiger partial charge >= 0.3 is 5.69 Å². The summed E-state index contributed by atoms with van der Waals surface area (Å²) in [7, 11) is 1.68. The zero-order valence-electron chi connectivity index (χ0n) is 11.7. The van der Waals surface area contributed by atoms with E-state index in [4.69, 9.17) is 4.74 Å². The summed E-state index contributed by atoms with van der Waals surface area (Å²) in [6.45, 7) is 2.22. The van der Waals surface area contributed by atoms with Crippen molar-refractivity contribution in [3.05, 3.63) is 28.3 Å². The highest BCUT2D eigenvalue weighted by molar-refractivity contribution is 5.75. The van der Waals surface area contributed by atoms with Crippen LogP contribution in [0.15, 0.2) is 18.2 Å². The summed E-state index contributed by atoms with van der Waals surface area (Å²) in [5.74, 6) is 0.774. The Morgan fingerprint density at radius 2 is 2.15 bits per heavy atom. The number of hydrogen-bond acceptors (Lipinski definition) is 5. The van der Waals surface area contributed by atoms with E-state index in [1.165, 1.54) is 12.8 Å². The van der Waals surface area contributed by atoms with Gasteiger partial charge in [-0.05, 0) is 37.3 Å². The van der Waals surface area contributed by atoms with E-state index in [1.807, 2.05) is 0 Å². The van der Waals surface area contributed by atoms with Gasteiger partial charge < -0.3 is 15.4 Å². The zero-order chi connectivity index (χ0) is 14.4. The van der Waals surface area contributed by atoms with E-state index in [9.17, 15) is 10.1 Å². The molecule has 0 amide bonds. The second-order valence-electron chi connectivity index (χ2n) is 5.01. The number of benzene rings is 1. The molecule has 0 heterocycles. The lowest BCUT2D eigenvalue weighted by atomic mass is 10.2. The van der Waals surface area contributed by atoms with E-state index in [1.54, 1.807) is 25.2 Å². The molecule has 1 saturated carbocycles. The minimum absolute atomic E-state index is 0.0916. The Labute approximate surface area is 118 Å². The third-order valence-corrected chi connectivity index (χ3v) is 3.32. The second kappa shape index (κ2) is 7.09. The molecule has 0 bridgehead atoms. The van der Waals surface area contributed by atoms with Crippen LogP contribution in [0, 0.1) is 16.0 Å². The Morgan fingerprint density at radius 3 is 2.80 bits per heavy atom. The summed E-state index contributed by atoms with van der Waals surface area (Å²) in [5.41, 5.74) is 1.16. The number of hydrogen-bond donors (Lipinski definition) is 2. The molecule has 1 aliphatic carbocycles. The first kappa shape index (κ1) is 14.6. The maximum absolute atomic E-state index is 11.1. The van der Waals surface area contributed by atoms with Crippen molar-refractivity contribution < 1.29 is 9.66 Å². The van der Waals surface area contributed by atoms with Crippen LogP contribution in [0.25, 0.3) is 0 Å². The second-order valence-corrected chi connectivity index (χ2v) is 5.01. The summed E-state index contributed by atoms with van der Waals surface area (Å²) >= 11 is 0. The average molecular weight is 279 g/mol. The van der Waals surface area contributed by atoms with E-state index in [0.717, 1.165) is 18.9 Å². The molecule has 2 N–H and O–H groups in total. The Morgan fingerprint density at radius 1 is 1.40 bits per heavy atom. The van der Waals surface area contributed by atoms with Gasteiger partial charge in [0.25, 0.3) is 0 Å². The molecule has 0 aromatic heterocycles. The topological polar surface area (TPSA) is 76.4 Å². The highest BCUT2D eigenvalue weighted by Gasteiger charge is 2.21.